The Hall–Kier alpha value is -2.25. The number of hydrogen-bond acceptors (Lipinski definition) is 5. The Kier molecular flexibility index (Phi) is 5.68. The van der Waals surface area contributed by atoms with Gasteiger partial charge in [0, 0.05) is 5.69 Å². The van der Waals surface area contributed by atoms with Gasteiger partial charge in [-0.2, -0.15) is 9.57 Å². The number of quaternary nitrogens is 1. The summed E-state index contributed by atoms with van der Waals surface area (Å²) >= 11 is 1.22. The van der Waals surface area contributed by atoms with E-state index in [9.17, 15) is 13.2 Å². The highest BCUT2D eigenvalue weighted by atomic mass is 32.2. The van der Waals surface area contributed by atoms with Crippen molar-refractivity contribution in [1.82, 2.24) is 4.31 Å². The minimum atomic E-state index is -3.41. The van der Waals surface area contributed by atoms with Gasteiger partial charge >= 0.3 is 0 Å². The molecule has 1 saturated heterocycles. The van der Waals surface area contributed by atoms with Gasteiger partial charge in [-0.3, -0.25) is 4.79 Å². The summed E-state index contributed by atoms with van der Waals surface area (Å²) < 4.78 is 26.8. The van der Waals surface area contributed by atoms with Crippen LogP contribution in [0.1, 0.15) is 5.56 Å². The van der Waals surface area contributed by atoms with E-state index in [4.69, 9.17) is 5.26 Å². The molecule has 1 aliphatic heterocycles. The molecule has 1 aromatic heterocycles. The van der Waals surface area contributed by atoms with Crippen molar-refractivity contribution in [3.8, 4) is 6.07 Å². The van der Waals surface area contributed by atoms with E-state index >= 15 is 0 Å². The van der Waals surface area contributed by atoms with Gasteiger partial charge in [0.2, 0.25) is 0 Å². The Labute approximate surface area is 156 Å². The summed E-state index contributed by atoms with van der Waals surface area (Å²) in [5, 5.41) is 13.3. The lowest BCUT2D eigenvalue weighted by Crippen LogP contribution is -3.15. The van der Waals surface area contributed by atoms with Crippen LogP contribution in [0.5, 0.6) is 0 Å². The molecule has 0 atom stereocenters. The van der Waals surface area contributed by atoms with Gasteiger partial charge in [0.1, 0.15) is 4.21 Å². The Morgan fingerprint density at radius 3 is 2.50 bits per heavy atom. The van der Waals surface area contributed by atoms with E-state index < -0.39 is 10.0 Å². The Morgan fingerprint density at radius 1 is 1.23 bits per heavy atom. The number of benzene rings is 1. The molecule has 136 valence electrons. The first-order valence-electron chi connectivity index (χ1n) is 8.16. The third-order valence-electron chi connectivity index (χ3n) is 4.23. The van der Waals surface area contributed by atoms with Crippen molar-refractivity contribution in [3.05, 3.63) is 47.3 Å². The lowest BCUT2D eigenvalue weighted by Gasteiger charge is -2.30. The molecule has 2 N–H and O–H groups in total. The normalized spacial score (nSPS) is 16.1. The second-order valence-corrected chi connectivity index (χ2v) is 9.11. The molecule has 9 heteroatoms. The van der Waals surface area contributed by atoms with Gasteiger partial charge < -0.3 is 10.2 Å². The Morgan fingerprint density at radius 2 is 1.92 bits per heavy atom. The topological polar surface area (TPSA) is 94.7 Å². The van der Waals surface area contributed by atoms with Crippen LogP contribution in [0.25, 0.3) is 0 Å². The minimum absolute atomic E-state index is 0.126. The fraction of sp³-hybridized carbons (Fsp3) is 0.294. The molecule has 0 spiro atoms. The third-order valence-corrected chi connectivity index (χ3v) is 7.50. The van der Waals surface area contributed by atoms with Crippen LogP contribution in [0, 0.1) is 11.3 Å². The summed E-state index contributed by atoms with van der Waals surface area (Å²) in [5.41, 5.74) is 1.18. The van der Waals surface area contributed by atoms with Crippen LogP contribution in [0.2, 0.25) is 0 Å². The van der Waals surface area contributed by atoms with Crippen molar-refractivity contribution < 1.29 is 18.1 Å². The van der Waals surface area contributed by atoms with E-state index in [1.54, 1.807) is 41.8 Å². The van der Waals surface area contributed by atoms with Crippen molar-refractivity contribution in [2.75, 3.05) is 38.0 Å². The maximum Gasteiger partial charge on any atom is 0.279 e. The highest BCUT2D eigenvalue weighted by Crippen LogP contribution is 2.20. The van der Waals surface area contributed by atoms with Gasteiger partial charge in [-0.15, -0.1) is 11.3 Å². The van der Waals surface area contributed by atoms with Gasteiger partial charge in [-0.25, -0.2) is 8.42 Å². The van der Waals surface area contributed by atoms with E-state index in [-0.39, 0.29) is 12.5 Å². The second kappa shape index (κ2) is 7.97. The van der Waals surface area contributed by atoms with E-state index in [1.807, 2.05) is 6.07 Å². The molecule has 1 aliphatic rings. The summed E-state index contributed by atoms with van der Waals surface area (Å²) in [6.45, 7) is 2.27. The van der Waals surface area contributed by atoms with Gasteiger partial charge in [0.05, 0.1) is 37.8 Å². The molecule has 2 aromatic rings. The molecule has 26 heavy (non-hydrogen) atoms. The molecule has 0 radical (unpaired) electrons. The number of anilines is 1. The zero-order valence-corrected chi connectivity index (χ0v) is 15.6. The van der Waals surface area contributed by atoms with Crippen LogP contribution in [-0.2, 0) is 14.8 Å². The third kappa shape index (κ3) is 4.28. The summed E-state index contributed by atoms with van der Waals surface area (Å²) in [5.74, 6) is -0.126. The van der Waals surface area contributed by atoms with Gasteiger partial charge in [-0.1, -0.05) is 6.07 Å². The van der Waals surface area contributed by atoms with E-state index in [2.05, 4.69) is 5.32 Å². The van der Waals surface area contributed by atoms with Crippen molar-refractivity contribution in [3.63, 3.8) is 0 Å². The van der Waals surface area contributed by atoms with Crippen molar-refractivity contribution in [2.45, 2.75) is 4.21 Å². The molecule has 1 aromatic carbocycles. The van der Waals surface area contributed by atoms with Gasteiger partial charge in [0.15, 0.2) is 6.54 Å². The smallest absolute Gasteiger partial charge is 0.279 e. The molecule has 0 aliphatic carbocycles. The molecular formula is C17H19N4O3S2+. The highest BCUT2D eigenvalue weighted by molar-refractivity contribution is 7.91. The molecular weight excluding hydrogens is 372 g/mol. The standard InChI is InChI=1S/C17H18N4O3S2/c18-12-14-3-5-15(6-4-14)19-16(22)13-20-7-9-21(10-8-20)26(23,24)17-2-1-11-25-17/h1-6,11H,7-10,13H2,(H,19,22)/p+1. The zero-order chi connectivity index (χ0) is 18.6. The first-order chi connectivity index (χ1) is 12.5. The molecule has 2 heterocycles. The fourth-order valence-electron chi connectivity index (χ4n) is 2.82. The van der Waals surface area contributed by atoms with Crippen LogP contribution in [-0.4, -0.2) is 51.4 Å². The first-order valence-corrected chi connectivity index (χ1v) is 10.5. The molecule has 7 nitrogen and oxygen atoms in total. The largest absolute Gasteiger partial charge is 0.325 e. The van der Waals surface area contributed by atoms with Crippen LogP contribution >= 0.6 is 11.3 Å². The molecule has 0 unspecified atom stereocenters. The van der Waals surface area contributed by atoms with Crippen LogP contribution in [0.3, 0.4) is 0 Å². The highest BCUT2D eigenvalue weighted by Gasteiger charge is 2.31. The minimum Gasteiger partial charge on any atom is -0.325 e. The van der Waals surface area contributed by atoms with E-state index in [0.29, 0.717) is 41.6 Å². The zero-order valence-electron chi connectivity index (χ0n) is 14.0. The maximum atomic E-state index is 12.5. The number of nitrogens with zero attached hydrogens (tertiary/aromatic N) is 2. The van der Waals surface area contributed by atoms with Crippen molar-refractivity contribution in [2.24, 2.45) is 0 Å². The number of piperazine rings is 1. The van der Waals surface area contributed by atoms with E-state index in [1.165, 1.54) is 15.6 Å². The number of amides is 1. The average molecular weight is 391 g/mol. The van der Waals surface area contributed by atoms with Crippen LogP contribution in [0.15, 0.2) is 46.0 Å². The summed E-state index contributed by atoms with van der Waals surface area (Å²) in [6.07, 6.45) is 0. The Bertz CT molecular complexity index is 894. The molecule has 0 saturated carbocycles. The maximum absolute atomic E-state index is 12.5. The number of carbonyl (C=O) groups is 1. The molecule has 0 bridgehead atoms. The van der Waals surface area contributed by atoms with Gasteiger partial charge in [0.25, 0.3) is 15.9 Å². The number of hydrogen-bond donors (Lipinski definition) is 2. The molecule has 1 fully saturated rings. The monoisotopic (exact) mass is 391 g/mol. The number of nitriles is 1. The Balaban J connectivity index is 1.50. The number of nitrogens with one attached hydrogen (secondary N) is 2. The second-order valence-electron chi connectivity index (χ2n) is 6.00. The van der Waals surface area contributed by atoms with Crippen molar-refractivity contribution >= 4 is 33.0 Å². The molecule has 3 rings (SSSR count). The summed E-state index contributed by atoms with van der Waals surface area (Å²) in [7, 11) is -3.41. The van der Waals surface area contributed by atoms with Crippen LogP contribution in [0.4, 0.5) is 5.69 Å². The first kappa shape index (κ1) is 18.5. The van der Waals surface area contributed by atoms with Gasteiger partial charge in [-0.05, 0) is 35.7 Å². The fourth-order valence-corrected chi connectivity index (χ4v) is 5.40. The summed E-state index contributed by atoms with van der Waals surface area (Å²) in [6, 6.07) is 12.1. The lowest BCUT2D eigenvalue weighted by atomic mass is 10.2. The van der Waals surface area contributed by atoms with Crippen molar-refractivity contribution in [1.29, 1.82) is 5.26 Å². The van der Waals surface area contributed by atoms with E-state index in [0.717, 1.165) is 4.90 Å². The SMILES string of the molecule is N#Cc1ccc(NC(=O)C[NH+]2CCN(S(=O)(=O)c3cccs3)CC2)cc1. The molecule has 1 amide bonds. The predicted molar refractivity (Wildman–Crippen MR) is 98.4 cm³/mol. The number of rotatable bonds is 5. The van der Waals surface area contributed by atoms with Crippen LogP contribution < -0.4 is 10.2 Å². The number of thiophene rings is 1. The lowest BCUT2D eigenvalue weighted by molar-refractivity contribution is -0.895. The number of sulfonamides is 1. The predicted octanol–water partition coefficient (Wildman–Crippen LogP) is 0.148. The average Bonchev–Trinajstić information content (AvgIpc) is 3.18. The summed E-state index contributed by atoms with van der Waals surface area (Å²) in [4.78, 5) is 13.2. The number of carbonyl (C=O) groups excluding carboxylic acids is 1. The quantitative estimate of drug-likeness (QED) is 0.758.